The number of aliphatic carboxylic acids is 1. The third kappa shape index (κ3) is 58.5. The maximum atomic E-state index is 9.37. The Balaban J connectivity index is 0. The molecule has 0 saturated carbocycles. The maximum Gasteiger partial charge on any atom is 0.335 e. The summed E-state index contributed by atoms with van der Waals surface area (Å²) < 4.78 is 16.6. The van der Waals surface area contributed by atoms with Gasteiger partial charge in [0.2, 0.25) is 0 Å². The highest BCUT2D eigenvalue weighted by atomic mass is 32.1. The molecule has 0 amide bonds. The number of hydrogen-bond acceptors (Lipinski definition) is 3. The fourth-order valence-electron chi connectivity index (χ4n) is 0. The van der Waals surface area contributed by atoms with Gasteiger partial charge in [-0.1, -0.05) is 6.92 Å². The van der Waals surface area contributed by atoms with Gasteiger partial charge in [-0.15, -0.1) is 0 Å². The summed E-state index contributed by atoms with van der Waals surface area (Å²) in [5.74, 6) is -0.745. The number of carboxylic acid groups (broad SMARTS) is 1. The van der Waals surface area contributed by atoms with E-state index in [1.54, 1.807) is 6.92 Å². The van der Waals surface area contributed by atoms with Crippen LogP contribution in [0.3, 0.4) is 0 Å². The van der Waals surface area contributed by atoms with Gasteiger partial charge in [0.25, 0.3) is 0 Å². The molecular weight excluding hydrogens is 132 g/mol. The van der Waals surface area contributed by atoms with E-state index >= 15 is 0 Å². The highest BCUT2D eigenvalue weighted by Crippen LogP contribution is 1.67. The molecule has 0 rings (SSSR count). The van der Waals surface area contributed by atoms with Crippen molar-refractivity contribution in [3.05, 3.63) is 0 Å². The molecule has 0 aromatic carbocycles. The molecule has 0 aromatic heterocycles. The van der Waals surface area contributed by atoms with Crippen molar-refractivity contribution in [1.29, 1.82) is 0 Å². The fraction of sp³-hybridized carbons (Fsp3) is 0.667. The van der Waals surface area contributed by atoms with Crippen LogP contribution in [0.25, 0.3) is 0 Å². The van der Waals surface area contributed by atoms with Crippen LogP contribution in [0.4, 0.5) is 0 Å². The molecule has 0 aromatic rings. The SMILES string of the molecule is CCC(=O)O.O=S=O. The van der Waals surface area contributed by atoms with Crippen LogP contribution in [0.15, 0.2) is 0 Å². The van der Waals surface area contributed by atoms with Crippen LogP contribution in [0.5, 0.6) is 0 Å². The Kier molecular flexibility index (Phi) is 12.3. The number of carbonyl (C=O) groups is 1. The van der Waals surface area contributed by atoms with Crippen molar-refractivity contribution in [3.63, 3.8) is 0 Å². The molecule has 0 bridgehead atoms. The second kappa shape index (κ2) is 9.56. The first-order valence-electron chi connectivity index (χ1n) is 1.82. The Morgan fingerprint density at radius 1 is 1.62 bits per heavy atom. The van der Waals surface area contributed by atoms with E-state index in [1.165, 1.54) is 0 Å². The summed E-state index contributed by atoms with van der Waals surface area (Å²) in [6, 6.07) is 0. The summed E-state index contributed by atoms with van der Waals surface area (Å²) >= 11 is -0.750. The Morgan fingerprint density at radius 2 is 1.75 bits per heavy atom. The predicted octanol–water partition coefficient (Wildman–Crippen LogP) is -0.189. The monoisotopic (exact) mass is 138 g/mol. The quantitative estimate of drug-likeness (QED) is 0.545. The normalized spacial score (nSPS) is 6.12. The van der Waals surface area contributed by atoms with Crippen LogP contribution >= 0.6 is 0 Å². The summed E-state index contributed by atoms with van der Waals surface area (Å²) in [4.78, 5) is 9.37. The van der Waals surface area contributed by atoms with Gasteiger partial charge in [-0.05, 0) is 0 Å². The van der Waals surface area contributed by atoms with Gasteiger partial charge in [0.05, 0.1) is 0 Å². The van der Waals surface area contributed by atoms with Crippen molar-refractivity contribution in [3.8, 4) is 0 Å². The van der Waals surface area contributed by atoms with E-state index in [0.29, 0.717) is 0 Å². The lowest BCUT2D eigenvalue weighted by Gasteiger charge is -1.71. The highest BCUT2D eigenvalue weighted by molar-refractivity contribution is 7.51. The Morgan fingerprint density at radius 3 is 1.75 bits per heavy atom. The third-order valence-corrected chi connectivity index (χ3v) is 0.302. The zero-order valence-corrected chi connectivity index (χ0v) is 5.10. The van der Waals surface area contributed by atoms with Crippen LogP contribution in [-0.2, 0) is 16.4 Å². The van der Waals surface area contributed by atoms with Gasteiger partial charge < -0.3 is 5.11 Å². The van der Waals surface area contributed by atoms with Crippen molar-refractivity contribution in [2.24, 2.45) is 0 Å². The Labute approximate surface area is 50.1 Å². The van der Waals surface area contributed by atoms with Crippen LogP contribution in [-0.4, -0.2) is 19.5 Å². The maximum absolute atomic E-state index is 9.37. The lowest BCUT2D eigenvalue weighted by Crippen LogP contribution is -1.86. The summed E-state index contributed by atoms with van der Waals surface area (Å²) in [5.41, 5.74) is 0. The van der Waals surface area contributed by atoms with Crippen molar-refractivity contribution < 1.29 is 18.3 Å². The minimum absolute atomic E-state index is 0.222. The van der Waals surface area contributed by atoms with Crippen molar-refractivity contribution in [1.82, 2.24) is 0 Å². The third-order valence-electron chi connectivity index (χ3n) is 0.302. The first kappa shape index (κ1) is 10.3. The Hall–Kier alpha value is -0.710. The van der Waals surface area contributed by atoms with Crippen LogP contribution in [0.1, 0.15) is 13.3 Å². The van der Waals surface area contributed by atoms with E-state index in [2.05, 4.69) is 0 Å². The van der Waals surface area contributed by atoms with Crippen LogP contribution < -0.4 is 0 Å². The predicted molar refractivity (Wildman–Crippen MR) is 26.8 cm³/mol. The van der Waals surface area contributed by atoms with E-state index in [1.807, 2.05) is 0 Å². The fourth-order valence-corrected chi connectivity index (χ4v) is 0. The minimum atomic E-state index is -0.750. The molecule has 0 unspecified atom stereocenters. The molecule has 0 aliphatic carbocycles. The molecule has 5 heteroatoms. The molecule has 0 aliphatic rings. The van der Waals surface area contributed by atoms with Crippen LogP contribution in [0.2, 0.25) is 0 Å². The van der Waals surface area contributed by atoms with Crippen molar-refractivity contribution in [2.45, 2.75) is 13.3 Å². The minimum Gasteiger partial charge on any atom is -0.481 e. The summed E-state index contributed by atoms with van der Waals surface area (Å²) in [7, 11) is 0. The van der Waals surface area contributed by atoms with Gasteiger partial charge in [0, 0.05) is 6.42 Å². The van der Waals surface area contributed by atoms with Crippen LogP contribution in [0, 0.1) is 0 Å². The molecule has 0 spiro atoms. The number of hydrogen-bond donors (Lipinski definition) is 1. The first-order chi connectivity index (χ1) is 3.68. The first-order valence-corrected chi connectivity index (χ1v) is 2.49. The average Bonchev–Trinajstić information content (AvgIpc) is 1.69. The van der Waals surface area contributed by atoms with E-state index in [-0.39, 0.29) is 6.42 Å². The zero-order chi connectivity index (χ0) is 6.99. The smallest absolute Gasteiger partial charge is 0.335 e. The van der Waals surface area contributed by atoms with Gasteiger partial charge in [0.15, 0.2) is 0 Å². The molecular formula is C3H6O4S. The number of rotatable bonds is 1. The average molecular weight is 138 g/mol. The lowest BCUT2D eigenvalue weighted by atomic mass is 10.5. The molecule has 0 atom stereocenters. The van der Waals surface area contributed by atoms with Crippen molar-refractivity contribution in [2.75, 3.05) is 0 Å². The molecule has 4 nitrogen and oxygen atoms in total. The van der Waals surface area contributed by atoms with Gasteiger partial charge in [-0.25, -0.2) is 0 Å². The lowest BCUT2D eigenvalue weighted by molar-refractivity contribution is -0.136. The van der Waals surface area contributed by atoms with Gasteiger partial charge in [-0.3, -0.25) is 4.79 Å². The molecule has 0 saturated heterocycles. The molecule has 1 N–H and O–H groups in total. The zero-order valence-electron chi connectivity index (χ0n) is 4.29. The summed E-state index contributed by atoms with van der Waals surface area (Å²) in [6.07, 6.45) is 0.222. The summed E-state index contributed by atoms with van der Waals surface area (Å²) in [5, 5.41) is 7.72. The molecule has 48 valence electrons. The van der Waals surface area contributed by atoms with E-state index < -0.39 is 17.5 Å². The second-order valence-corrected chi connectivity index (χ2v) is 0.951. The van der Waals surface area contributed by atoms with E-state index in [0.717, 1.165) is 0 Å². The molecule has 0 radical (unpaired) electrons. The highest BCUT2D eigenvalue weighted by Gasteiger charge is 1.80. The molecule has 0 aliphatic heterocycles. The standard InChI is InChI=1S/C3H6O2.O2S/c1-2-3(4)5;1-3-2/h2H2,1H3,(H,4,5);. The topological polar surface area (TPSA) is 71.4 Å². The molecule has 0 heterocycles. The molecule has 0 fully saturated rings. The summed E-state index contributed by atoms with van der Waals surface area (Å²) in [6.45, 7) is 1.60. The van der Waals surface area contributed by atoms with E-state index in [9.17, 15) is 4.79 Å². The Bertz CT molecular complexity index is 93.5. The van der Waals surface area contributed by atoms with Crippen molar-refractivity contribution >= 4 is 17.5 Å². The van der Waals surface area contributed by atoms with Gasteiger partial charge >= 0.3 is 17.5 Å². The second-order valence-electron chi connectivity index (χ2n) is 0.815. The molecule has 8 heavy (non-hydrogen) atoms. The largest absolute Gasteiger partial charge is 0.481 e. The van der Waals surface area contributed by atoms with Gasteiger partial charge in [-0.2, -0.15) is 8.42 Å². The van der Waals surface area contributed by atoms with E-state index in [4.69, 9.17) is 13.5 Å². The van der Waals surface area contributed by atoms with Gasteiger partial charge in [0.1, 0.15) is 0 Å². The number of carboxylic acids is 1.